The maximum atomic E-state index is 11.7. The van der Waals surface area contributed by atoms with E-state index in [-0.39, 0.29) is 13.2 Å². The van der Waals surface area contributed by atoms with Gasteiger partial charge in [-0.2, -0.15) is 0 Å². The van der Waals surface area contributed by atoms with Crippen LogP contribution in [0.2, 0.25) is 0 Å². The number of carbonyl (C=O) groups excluding carboxylic acids is 4. The minimum atomic E-state index is -0.862. The monoisotopic (exact) mass is 286 g/mol. The van der Waals surface area contributed by atoms with Crippen LogP contribution in [0.25, 0.3) is 0 Å². The molecule has 2 amide bonds. The number of nitrogens with zero attached hydrogens (tertiary/aromatic N) is 2. The van der Waals surface area contributed by atoms with Crippen molar-refractivity contribution in [1.82, 2.24) is 9.80 Å². The molecular weight excluding hydrogens is 264 g/mol. The first-order valence-corrected chi connectivity index (χ1v) is 6.58. The van der Waals surface area contributed by atoms with E-state index in [4.69, 9.17) is 0 Å². The molecule has 0 N–H and O–H groups in total. The van der Waals surface area contributed by atoms with Gasteiger partial charge in [0.25, 0.3) is 5.91 Å². The summed E-state index contributed by atoms with van der Waals surface area (Å²) in [5, 5.41) is 0. The molecule has 0 heterocycles. The van der Waals surface area contributed by atoms with Gasteiger partial charge in [0.1, 0.15) is 6.54 Å². The fraction of sp³-hybridized carbons (Fsp3) is 0.692. The van der Waals surface area contributed by atoms with E-state index in [1.54, 1.807) is 20.8 Å². The maximum Gasteiger partial charge on any atom is 0.325 e. The summed E-state index contributed by atoms with van der Waals surface area (Å²) in [6.45, 7) is 6.09. The Balaban J connectivity index is 4.44. The van der Waals surface area contributed by atoms with Crippen LogP contribution >= 0.6 is 0 Å². The van der Waals surface area contributed by atoms with Crippen LogP contribution in [0.4, 0.5) is 0 Å². The Bertz CT molecular complexity index is 377. The first-order valence-electron chi connectivity index (χ1n) is 6.58. The second-order valence-corrected chi connectivity index (χ2v) is 4.13. The minimum Gasteiger partial charge on any atom is -0.465 e. The highest BCUT2D eigenvalue weighted by atomic mass is 16.5. The normalized spacial score (nSPS) is 9.80. The molecule has 7 nitrogen and oxygen atoms in total. The maximum absolute atomic E-state index is 11.7. The summed E-state index contributed by atoms with van der Waals surface area (Å²) in [6, 6.07) is 0. The third-order valence-corrected chi connectivity index (χ3v) is 2.68. The molecule has 0 aromatic carbocycles. The molecule has 0 rings (SSSR count). The quantitative estimate of drug-likeness (QED) is 0.351. The Hall–Kier alpha value is -1.92. The second kappa shape index (κ2) is 9.06. The highest BCUT2D eigenvalue weighted by Gasteiger charge is 2.24. The van der Waals surface area contributed by atoms with Crippen molar-refractivity contribution in [2.24, 2.45) is 0 Å². The molecule has 0 aromatic rings. The van der Waals surface area contributed by atoms with E-state index in [0.717, 1.165) is 4.90 Å². The zero-order chi connectivity index (χ0) is 15.7. The van der Waals surface area contributed by atoms with E-state index in [9.17, 15) is 19.2 Å². The van der Waals surface area contributed by atoms with Crippen molar-refractivity contribution in [2.45, 2.75) is 27.2 Å². The second-order valence-electron chi connectivity index (χ2n) is 4.13. The van der Waals surface area contributed by atoms with Crippen molar-refractivity contribution >= 4 is 23.6 Å². The van der Waals surface area contributed by atoms with E-state index in [0.29, 0.717) is 13.1 Å². The number of hydrogen-bond acceptors (Lipinski definition) is 5. The fourth-order valence-corrected chi connectivity index (χ4v) is 1.59. The van der Waals surface area contributed by atoms with Crippen LogP contribution < -0.4 is 0 Å². The summed E-state index contributed by atoms with van der Waals surface area (Å²) in [6.07, 6.45) is -0.478. The van der Waals surface area contributed by atoms with Gasteiger partial charge in [-0.1, -0.05) is 0 Å². The number of Topliss-reactive ketones (excluding diaryl/α,β-unsaturated/α-hetero) is 1. The van der Waals surface area contributed by atoms with Gasteiger partial charge in [-0.15, -0.1) is 0 Å². The number of ether oxygens (including phenoxy) is 1. The largest absolute Gasteiger partial charge is 0.465 e. The van der Waals surface area contributed by atoms with Crippen LogP contribution in [-0.4, -0.2) is 66.7 Å². The van der Waals surface area contributed by atoms with Crippen molar-refractivity contribution in [1.29, 1.82) is 0 Å². The highest BCUT2D eigenvalue weighted by Crippen LogP contribution is 1.98. The van der Waals surface area contributed by atoms with Gasteiger partial charge in [0.2, 0.25) is 11.7 Å². The van der Waals surface area contributed by atoms with Crippen LogP contribution in [0.5, 0.6) is 0 Å². The molecule has 0 atom stereocenters. The van der Waals surface area contributed by atoms with Crippen LogP contribution in [0, 0.1) is 0 Å². The third-order valence-electron chi connectivity index (χ3n) is 2.68. The van der Waals surface area contributed by atoms with Gasteiger partial charge in [0.15, 0.2) is 0 Å². The Morgan fingerprint density at radius 1 is 1.00 bits per heavy atom. The molecule has 20 heavy (non-hydrogen) atoms. The molecule has 0 saturated carbocycles. The molecule has 0 aliphatic heterocycles. The predicted molar refractivity (Wildman–Crippen MR) is 71.8 cm³/mol. The molecule has 0 unspecified atom stereocenters. The van der Waals surface area contributed by atoms with E-state index in [1.165, 1.54) is 11.9 Å². The third kappa shape index (κ3) is 5.81. The highest BCUT2D eigenvalue weighted by molar-refractivity contribution is 6.39. The average Bonchev–Trinajstić information content (AvgIpc) is 2.39. The number of likely N-dealkylation sites (N-methyl/N-ethyl adjacent to an activating group) is 1. The summed E-state index contributed by atoms with van der Waals surface area (Å²) in [7, 11) is 1.32. The first kappa shape index (κ1) is 18.1. The van der Waals surface area contributed by atoms with Crippen LogP contribution in [0.1, 0.15) is 27.2 Å². The first-order chi connectivity index (χ1) is 9.37. The average molecular weight is 286 g/mol. The van der Waals surface area contributed by atoms with Gasteiger partial charge < -0.3 is 14.5 Å². The Labute approximate surface area is 118 Å². The summed E-state index contributed by atoms with van der Waals surface area (Å²) >= 11 is 0. The molecule has 0 aliphatic rings. The lowest BCUT2D eigenvalue weighted by molar-refractivity contribution is -0.151. The fourth-order valence-electron chi connectivity index (χ4n) is 1.59. The molecule has 0 saturated heterocycles. The van der Waals surface area contributed by atoms with Crippen LogP contribution in [0.15, 0.2) is 0 Å². The van der Waals surface area contributed by atoms with Crippen molar-refractivity contribution in [3.63, 3.8) is 0 Å². The smallest absolute Gasteiger partial charge is 0.325 e. The van der Waals surface area contributed by atoms with Crippen LogP contribution in [0.3, 0.4) is 0 Å². The Kier molecular flexibility index (Phi) is 8.19. The summed E-state index contributed by atoms with van der Waals surface area (Å²) < 4.78 is 4.68. The van der Waals surface area contributed by atoms with Crippen molar-refractivity contribution in [2.75, 3.05) is 33.3 Å². The summed E-state index contributed by atoms with van der Waals surface area (Å²) in [4.78, 5) is 48.7. The van der Waals surface area contributed by atoms with Gasteiger partial charge in [-0.3, -0.25) is 19.2 Å². The minimum absolute atomic E-state index is 0.204. The van der Waals surface area contributed by atoms with Gasteiger partial charge >= 0.3 is 5.97 Å². The molecule has 7 heteroatoms. The van der Waals surface area contributed by atoms with E-state index >= 15 is 0 Å². The number of ketones is 1. The number of hydrogen-bond donors (Lipinski definition) is 0. The molecule has 0 bridgehead atoms. The van der Waals surface area contributed by atoms with E-state index in [1.807, 2.05) is 0 Å². The molecule has 0 spiro atoms. The van der Waals surface area contributed by atoms with Gasteiger partial charge in [0.05, 0.1) is 13.0 Å². The summed E-state index contributed by atoms with van der Waals surface area (Å²) in [5.41, 5.74) is 0. The molecule has 0 radical (unpaired) electrons. The number of amides is 2. The van der Waals surface area contributed by atoms with Gasteiger partial charge in [-0.25, -0.2) is 0 Å². The lowest BCUT2D eigenvalue weighted by Crippen LogP contribution is -2.40. The lowest BCUT2D eigenvalue weighted by atomic mass is 10.2. The van der Waals surface area contributed by atoms with Crippen molar-refractivity contribution in [3.05, 3.63) is 0 Å². The standard InChI is InChI=1S/C13H22N2O5/c1-5-15(6-2)11(17)8-10(16)13(19)14(4)9-12(18)20-7-3/h5-9H2,1-4H3. The van der Waals surface area contributed by atoms with Gasteiger partial charge in [0, 0.05) is 20.1 Å². The predicted octanol–water partition coefficient (Wildman–Crippen LogP) is -0.164. The van der Waals surface area contributed by atoms with Gasteiger partial charge in [-0.05, 0) is 20.8 Å². The number of carbonyl (C=O) groups is 4. The Morgan fingerprint density at radius 3 is 2.00 bits per heavy atom. The molecule has 0 aliphatic carbocycles. The lowest BCUT2D eigenvalue weighted by Gasteiger charge is -2.19. The topological polar surface area (TPSA) is 84.0 Å². The zero-order valence-corrected chi connectivity index (χ0v) is 12.5. The van der Waals surface area contributed by atoms with Crippen molar-refractivity contribution < 1.29 is 23.9 Å². The molecule has 114 valence electrons. The summed E-state index contributed by atoms with van der Waals surface area (Å²) in [5.74, 6) is -2.67. The molecular formula is C13H22N2O5. The van der Waals surface area contributed by atoms with E-state index in [2.05, 4.69) is 4.74 Å². The number of rotatable bonds is 8. The van der Waals surface area contributed by atoms with E-state index < -0.39 is 30.0 Å². The molecule has 0 aromatic heterocycles. The SMILES string of the molecule is CCOC(=O)CN(C)C(=O)C(=O)CC(=O)N(CC)CC. The molecule has 0 fully saturated rings. The zero-order valence-electron chi connectivity index (χ0n) is 12.5. The van der Waals surface area contributed by atoms with Crippen molar-refractivity contribution in [3.8, 4) is 0 Å². The van der Waals surface area contributed by atoms with Crippen LogP contribution in [-0.2, 0) is 23.9 Å². The number of esters is 1. The Morgan fingerprint density at radius 2 is 1.55 bits per heavy atom.